The van der Waals surface area contributed by atoms with Crippen molar-refractivity contribution in [1.29, 1.82) is 0 Å². The van der Waals surface area contributed by atoms with Crippen molar-refractivity contribution in [2.75, 3.05) is 0 Å². The summed E-state index contributed by atoms with van der Waals surface area (Å²) in [5, 5.41) is 20.7. The van der Waals surface area contributed by atoms with E-state index in [0.29, 0.717) is 18.3 Å². The van der Waals surface area contributed by atoms with Crippen molar-refractivity contribution in [1.82, 2.24) is 30.5 Å². The molecule has 2 aromatic heterocycles. The van der Waals surface area contributed by atoms with Gasteiger partial charge in [0.25, 0.3) is 5.91 Å². The number of nitrogens with two attached hydrogens (primary N) is 1. The largest absolute Gasteiger partial charge is 0.344 e. The van der Waals surface area contributed by atoms with Crippen molar-refractivity contribution in [2.24, 2.45) is 5.73 Å². The van der Waals surface area contributed by atoms with Gasteiger partial charge in [-0.25, -0.2) is 4.68 Å². The van der Waals surface area contributed by atoms with Crippen molar-refractivity contribution in [2.45, 2.75) is 57.7 Å². The number of carbonyl (C=O) groups is 1. The number of rotatable bonds is 5. The fraction of sp³-hybridized carbons (Fsp3) is 0.643. The van der Waals surface area contributed by atoms with E-state index in [-0.39, 0.29) is 11.9 Å². The van der Waals surface area contributed by atoms with Crippen molar-refractivity contribution in [3.8, 4) is 0 Å². The summed E-state index contributed by atoms with van der Waals surface area (Å²) < 4.78 is 1.79. The van der Waals surface area contributed by atoms with E-state index in [1.807, 2.05) is 6.92 Å². The molecule has 1 aliphatic carbocycles. The molecule has 0 saturated heterocycles. The first-order chi connectivity index (χ1) is 11.2. The van der Waals surface area contributed by atoms with Crippen LogP contribution in [0.5, 0.6) is 0 Å². The highest BCUT2D eigenvalue weighted by Crippen LogP contribution is 2.26. The molecule has 0 unspecified atom stereocenters. The second-order valence-corrected chi connectivity index (χ2v) is 6.92. The van der Waals surface area contributed by atoms with E-state index >= 15 is 0 Å². The molecule has 1 amide bonds. The smallest absolute Gasteiger partial charge is 0.273 e. The van der Waals surface area contributed by atoms with Crippen LogP contribution in [0.3, 0.4) is 0 Å². The maximum absolute atomic E-state index is 12.2. The lowest BCUT2D eigenvalue weighted by atomic mass is 9.92. The van der Waals surface area contributed by atoms with Crippen LogP contribution in [0.15, 0.2) is 6.20 Å². The molecule has 0 aliphatic heterocycles. The van der Waals surface area contributed by atoms with Crippen LogP contribution < -0.4 is 11.1 Å². The number of aryl methyl sites for hydroxylation is 1. The fourth-order valence-corrected chi connectivity index (χ4v) is 3.40. The minimum Gasteiger partial charge on any atom is -0.344 e. The monoisotopic (exact) mass is 335 g/mol. The van der Waals surface area contributed by atoms with Gasteiger partial charge in [0, 0.05) is 6.04 Å². The molecule has 2 aromatic rings. The predicted octanol–water partition coefficient (Wildman–Crippen LogP) is 1.06. The first-order valence-corrected chi connectivity index (χ1v) is 8.74. The van der Waals surface area contributed by atoms with Crippen LogP contribution in [0.2, 0.25) is 0 Å². The molecule has 8 nitrogen and oxygen atoms in total. The Bertz CT molecular complexity index is 660. The molecular formula is C14H21N7OS. The third-order valence-corrected chi connectivity index (χ3v) is 5.14. The van der Waals surface area contributed by atoms with Gasteiger partial charge in [0.15, 0.2) is 5.69 Å². The SMILES string of the molecule is CCc1nnc(CNC(=O)c2cn(C3CCC(N)CC3)nn2)s1. The Morgan fingerprint density at radius 2 is 2.04 bits per heavy atom. The van der Waals surface area contributed by atoms with Gasteiger partial charge >= 0.3 is 0 Å². The summed E-state index contributed by atoms with van der Waals surface area (Å²) in [4.78, 5) is 12.2. The molecule has 0 bridgehead atoms. The van der Waals surface area contributed by atoms with Crippen LogP contribution in [-0.2, 0) is 13.0 Å². The van der Waals surface area contributed by atoms with Gasteiger partial charge in [-0.3, -0.25) is 4.79 Å². The molecule has 0 aromatic carbocycles. The summed E-state index contributed by atoms with van der Waals surface area (Å²) >= 11 is 1.51. The van der Waals surface area contributed by atoms with Gasteiger partial charge in [-0.2, -0.15) is 0 Å². The summed E-state index contributed by atoms with van der Waals surface area (Å²) in [6, 6.07) is 0.580. The number of amides is 1. The molecular weight excluding hydrogens is 314 g/mol. The zero-order valence-electron chi connectivity index (χ0n) is 13.1. The third-order valence-electron chi connectivity index (χ3n) is 4.07. The highest BCUT2D eigenvalue weighted by molar-refractivity contribution is 7.11. The average Bonchev–Trinajstić information content (AvgIpc) is 3.22. The molecule has 3 rings (SSSR count). The summed E-state index contributed by atoms with van der Waals surface area (Å²) in [5.41, 5.74) is 6.25. The minimum absolute atomic E-state index is 0.239. The summed E-state index contributed by atoms with van der Waals surface area (Å²) in [6.07, 6.45) is 6.51. The molecule has 124 valence electrons. The standard InChI is InChI=1S/C14H21N7OS/c1-2-12-18-19-13(23-12)7-16-14(22)11-8-21(20-17-11)10-5-3-9(15)4-6-10/h8-10H,2-7,15H2,1H3,(H,16,22). The number of aromatic nitrogens is 5. The zero-order valence-corrected chi connectivity index (χ0v) is 13.9. The van der Waals surface area contributed by atoms with E-state index in [0.717, 1.165) is 42.1 Å². The second kappa shape index (κ2) is 7.14. The van der Waals surface area contributed by atoms with Gasteiger partial charge in [0.2, 0.25) is 0 Å². The maximum Gasteiger partial charge on any atom is 0.273 e. The second-order valence-electron chi connectivity index (χ2n) is 5.78. The van der Waals surface area contributed by atoms with Gasteiger partial charge in [-0.1, -0.05) is 23.5 Å². The van der Waals surface area contributed by atoms with Gasteiger partial charge in [-0.15, -0.1) is 15.3 Å². The van der Waals surface area contributed by atoms with Gasteiger partial charge in [-0.05, 0) is 32.1 Å². The summed E-state index contributed by atoms with van der Waals surface area (Å²) in [6.45, 7) is 2.39. The van der Waals surface area contributed by atoms with Crippen molar-refractivity contribution in [3.05, 3.63) is 21.9 Å². The Labute approximate surface area is 138 Å². The molecule has 3 N–H and O–H groups in total. The van der Waals surface area contributed by atoms with E-state index in [1.165, 1.54) is 11.3 Å². The van der Waals surface area contributed by atoms with Crippen LogP contribution in [-0.4, -0.2) is 37.1 Å². The Kier molecular flexibility index (Phi) is 4.97. The van der Waals surface area contributed by atoms with Gasteiger partial charge in [0.1, 0.15) is 10.0 Å². The highest BCUT2D eigenvalue weighted by Gasteiger charge is 2.22. The van der Waals surface area contributed by atoms with E-state index in [4.69, 9.17) is 5.73 Å². The van der Waals surface area contributed by atoms with Crippen molar-refractivity contribution in [3.63, 3.8) is 0 Å². The minimum atomic E-state index is -0.239. The molecule has 1 fully saturated rings. The highest BCUT2D eigenvalue weighted by atomic mass is 32.1. The third kappa shape index (κ3) is 3.91. The van der Waals surface area contributed by atoms with Crippen LogP contribution in [0.1, 0.15) is 59.2 Å². The molecule has 2 heterocycles. The van der Waals surface area contributed by atoms with E-state index in [2.05, 4.69) is 25.8 Å². The number of carbonyl (C=O) groups excluding carboxylic acids is 1. The van der Waals surface area contributed by atoms with Crippen LogP contribution in [0.25, 0.3) is 0 Å². The molecule has 23 heavy (non-hydrogen) atoms. The normalized spacial score (nSPS) is 21.3. The van der Waals surface area contributed by atoms with Gasteiger partial charge < -0.3 is 11.1 Å². The molecule has 1 saturated carbocycles. The number of nitrogens with one attached hydrogen (secondary N) is 1. The van der Waals surface area contributed by atoms with Gasteiger partial charge in [0.05, 0.1) is 18.8 Å². The maximum atomic E-state index is 12.2. The topological polar surface area (TPSA) is 112 Å². The molecule has 9 heteroatoms. The predicted molar refractivity (Wildman–Crippen MR) is 86.0 cm³/mol. The van der Waals surface area contributed by atoms with Crippen molar-refractivity contribution < 1.29 is 4.79 Å². The Morgan fingerprint density at radius 1 is 1.30 bits per heavy atom. The molecule has 0 spiro atoms. The summed E-state index contributed by atoms with van der Waals surface area (Å²) in [5.74, 6) is -0.239. The molecule has 0 radical (unpaired) electrons. The summed E-state index contributed by atoms with van der Waals surface area (Å²) in [7, 11) is 0. The van der Waals surface area contributed by atoms with E-state index in [1.54, 1.807) is 10.9 Å². The number of nitrogens with zero attached hydrogens (tertiary/aromatic N) is 5. The Hall–Kier alpha value is -1.87. The van der Waals surface area contributed by atoms with Crippen LogP contribution in [0, 0.1) is 0 Å². The van der Waals surface area contributed by atoms with Crippen LogP contribution in [0.4, 0.5) is 0 Å². The quantitative estimate of drug-likeness (QED) is 0.845. The lowest BCUT2D eigenvalue weighted by Crippen LogP contribution is -2.28. The zero-order chi connectivity index (χ0) is 16.2. The molecule has 1 aliphatic rings. The lowest BCUT2D eigenvalue weighted by molar-refractivity contribution is 0.0945. The van der Waals surface area contributed by atoms with Crippen LogP contribution >= 0.6 is 11.3 Å². The number of hydrogen-bond donors (Lipinski definition) is 2. The Balaban J connectivity index is 1.55. The van der Waals surface area contributed by atoms with E-state index < -0.39 is 0 Å². The first-order valence-electron chi connectivity index (χ1n) is 7.92. The lowest BCUT2D eigenvalue weighted by Gasteiger charge is -2.25. The Morgan fingerprint density at radius 3 is 2.74 bits per heavy atom. The van der Waals surface area contributed by atoms with Crippen molar-refractivity contribution >= 4 is 17.2 Å². The molecule has 0 atom stereocenters. The number of hydrogen-bond acceptors (Lipinski definition) is 7. The van der Waals surface area contributed by atoms with E-state index in [9.17, 15) is 4.79 Å². The average molecular weight is 335 g/mol. The first kappa shape index (κ1) is 16.0. The fourth-order valence-electron chi connectivity index (χ4n) is 2.67.